The van der Waals surface area contributed by atoms with E-state index in [0.717, 1.165) is 35.0 Å². The first-order valence-electron chi connectivity index (χ1n) is 8.77. The molecule has 132 valence electrons. The summed E-state index contributed by atoms with van der Waals surface area (Å²) in [5.41, 5.74) is 3.52. The normalized spacial score (nSPS) is 15.4. The molecule has 0 N–H and O–H groups in total. The summed E-state index contributed by atoms with van der Waals surface area (Å²) in [6, 6.07) is 8.27. The van der Waals surface area contributed by atoms with E-state index < -0.39 is 0 Å². The van der Waals surface area contributed by atoms with Gasteiger partial charge in [0.15, 0.2) is 0 Å². The Balaban J connectivity index is 1.79. The van der Waals surface area contributed by atoms with Gasteiger partial charge in [-0.05, 0) is 44.9 Å². The van der Waals surface area contributed by atoms with Crippen molar-refractivity contribution in [2.75, 3.05) is 20.1 Å². The van der Waals surface area contributed by atoms with E-state index in [9.17, 15) is 9.59 Å². The average Bonchev–Trinajstić information content (AvgIpc) is 2.60. The predicted octanol–water partition coefficient (Wildman–Crippen LogP) is 2.93. The lowest BCUT2D eigenvalue weighted by Crippen LogP contribution is -2.46. The van der Waals surface area contributed by atoms with Crippen LogP contribution >= 0.6 is 0 Å². The number of hydrogen-bond donors (Lipinski definition) is 0. The topological polar surface area (TPSA) is 53.5 Å². The zero-order valence-electron chi connectivity index (χ0n) is 15.4. The lowest BCUT2D eigenvalue weighted by atomic mass is 10.0. The van der Waals surface area contributed by atoms with Crippen LogP contribution in [0.1, 0.15) is 41.4 Å². The fraction of sp³-hybridized carbons (Fsp3) is 0.450. The molecule has 2 aromatic rings. The van der Waals surface area contributed by atoms with Crippen LogP contribution in [0.5, 0.6) is 0 Å². The fourth-order valence-corrected chi connectivity index (χ4v) is 3.49. The van der Waals surface area contributed by atoms with Crippen LogP contribution < -0.4 is 0 Å². The number of piperidine rings is 1. The Morgan fingerprint density at radius 3 is 2.48 bits per heavy atom. The smallest absolute Gasteiger partial charge is 0.255 e. The van der Waals surface area contributed by atoms with Gasteiger partial charge < -0.3 is 9.80 Å². The minimum atomic E-state index is 0.0392. The zero-order chi connectivity index (χ0) is 18.1. The molecule has 25 heavy (non-hydrogen) atoms. The summed E-state index contributed by atoms with van der Waals surface area (Å²) >= 11 is 0. The highest BCUT2D eigenvalue weighted by Gasteiger charge is 2.27. The Labute approximate surface area is 148 Å². The summed E-state index contributed by atoms with van der Waals surface area (Å²) in [6.45, 7) is 6.86. The number of benzene rings is 1. The second-order valence-corrected chi connectivity index (χ2v) is 6.97. The summed E-state index contributed by atoms with van der Waals surface area (Å²) < 4.78 is 0. The average molecular weight is 339 g/mol. The van der Waals surface area contributed by atoms with Crippen molar-refractivity contribution < 1.29 is 9.59 Å². The largest absolute Gasteiger partial charge is 0.343 e. The number of carbonyl (C=O) groups excluding carboxylic acids is 2. The molecule has 1 saturated heterocycles. The Kier molecular flexibility index (Phi) is 4.75. The van der Waals surface area contributed by atoms with Gasteiger partial charge in [0.25, 0.3) is 5.91 Å². The molecule has 1 aromatic carbocycles. The second kappa shape index (κ2) is 6.82. The molecule has 5 nitrogen and oxygen atoms in total. The van der Waals surface area contributed by atoms with E-state index >= 15 is 0 Å². The van der Waals surface area contributed by atoms with Crippen LogP contribution in [-0.4, -0.2) is 52.8 Å². The first-order chi connectivity index (χ1) is 11.9. The number of nitrogens with zero attached hydrogens (tertiary/aromatic N) is 3. The van der Waals surface area contributed by atoms with Crippen molar-refractivity contribution in [2.24, 2.45) is 0 Å². The molecule has 0 unspecified atom stereocenters. The number of aromatic nitrogens is 1. The van der Waals surface area contributed by atoms with Crippen LogP contribution in [0.3, 0.4) is 0 Å². The number of hydrogen-bond acceptors (Lipinski definition) is 3. The van der Waals surface area contributed by atoms with E-state index in [1.54, 1.807) is 11.8 Å². The maximum absolute atomic E-state index is 13.0. The van der Waals surface area contributed by atoms with E-state index in [1.165, 1.54) is 0 Å². The van der Waals surface area contributed by atoms with Gasteiger partial charge in [0.05, 0.1) is 16.8 Å². The van der Waals surface area contributed by atoms with E-state index in [2.05, 4.69) is 11.1 Å². The van der Waals surface area contributed by atoms with Crippen molar-refractivity contribution in [3.8, 4) is 0 Å². The monoisotopic (exact) mass is 339 g/mol. The van der Waals surface area contributed by atoms with Crippen molar-refractivity contribution >= 4 is 22.7 Å². The number of likely N-dealkylation sites (tertiary alicyclic amines) is 1. The minimum Gasteiger partial charge on any atom is -0.343 e. The molecule has 2 amide bonds. The Hall–Kier alpha value is -2.43. The Morgan fingerprint density at radius 2 is 1.84 bits per heavy atom. The summed E-state index contributed by atoms with van der Waals surface area (Å²) in [5, 5.41) is 1.00. The number of rotatable bonds is 2. The highest BCUT2D eigenvalue weighted by Crippen LogP contribution is 2.22. The first kappa shape index (κ1) is 17.4. The van der Waals surface area contributed by atoms with E-state index in [-0.39, 0.29) is 17.9 Å². The van der Waals surface area contributed by atoms with Crippen LogP contribution in [0.4, 0.5) is 0 Å². The minimum absolute atomic E-state index is 0.0392. The number of carbonyl (C=O) groups is 2. The van der Waals surface area contributed by atoms with Gasteiger partial charge in [-0.2, -0.15) is 0 Å². The fourth-order valence-electron chi connectivity index (χ4n) is 3.49. The molecule has 5 heteroatoms. The number of pyridine rings is 1. The molecule has 0 saturated carbocycles. The van der Waals surface area contributed by atoms with Gasteiger partial charge in [0.1, 0.15) is 0 Å². The quantitative estimate of drug-likeness (QED) is 0.845. The Morgan fingerprint density at radius 1 is 1.16 bits per heavy atom. The van der Waals surface area contributed by atoms with E-state index in [0.29, 0.717) is 18.7 Å². The molecule has 0 radical (unpaired) electrons. The van der Waals surface area contributed by atoms with Gasteiger partial charge in [-0.15, -0.1) is 0 Å². The molecule has 0 aliphatic carbocycles. The standard InChI is InChI=1S/C20H25N3O2/c1-13-5-6-19-16(11-13)12-18(14(2)21-19)20(25)23-9-7-17(8-10-23)22(4)15(3)24/h5-6,11-12,17H,7-10H2,1-4H3. The molecule has 0 atom stereocenters. The Bertz CT molecular complexity index is 823. The zero-order valence-corrected chi connectivity index (χ0v) is 15.4. The third kappa shape index (κ3) is 3.50. The van der Waals surface area contributed by atoms with E-state index in [4.69, 9.17) is 0 Å². The van der Waals surface area contributed by atoms with Crippen LogP contribution in [0.15, 0.2) is 24.3 Å². The van der Waals surface area contributed by atoms with Gasteiger partial charge in [-0.25, -0.2) is 0 Å². The maximum Gasteiger partial charge on any atom is 0.255 e. The van der Waals surface area contributed by atoms with Gasteiger partial charge in [-0.3, -0.25) is 14.6 Å². The summed E-state index contributed by atoms with van der Waals surface area (Å²) in [6.07, 6.45) is 1.64. The molecule has 1 aromatic heterocycles. The molecule has 1 fully saturated rings. The highest BCUT2D eigenvalue weighted by atomic mass is 16.2. The maximum atomic E-state index is 13.0. The van der Waals surface area contributed by atoms with Crippen molar-refractivity contribution in [2.45, 2.75) is 39.7 Å². The molecule has 2 heterocycles. The van der Waals surface area contributed by atoms with Gasteiger partial charge in [-0.1, -0.05) is 11.6 Å². The lowest BCUT2D eigenvalue weighted by Gasteiger charge is -2.36. The molecule has 0 bridgehead atoms. The molecule has 0 spiro atoms. The number of amides is 2. The van der Waals surface area contributed by atoms with Crippen molar-refractivity contribution in [1.29, 1.82) is 0 Å². The van der Waals surface area contributed by atoms with Crippen molar-refractivity contribution in [3.63, 3.8) is 0 Å². The molecular formula is C20H25N3O2. The molecule has 3 rings (SSSR count). The SMILES string of the molecule is CC(=O)N(C)C1CCN(C(=O)c2cc3cc(C)ccc3nc2C)CC1. The summed E-state index contributed by atoms with van der Waals surface area (Å²) in [5.74, 6) is 0.118. The van der Waals surface area contributed by atoms with Gasteiger partial charge in [0, 0.05) is 38.5 Å². The highest BCUT2D eigenvalue weighted by molar-refractivity contribution is 5.98. The number of fused-ring (bicyclic) bond motifs is 1. The van der Waals surface area contributed by atoms with Crippen molar-refractivity contribution in [1.82, 2.24) is 14.8 Å². The first-order valence-corrected chi connectivity index (χ1v) is 8.77. The third-order valence-electron chi connectivity index (χ3n) is 5.19. The lowest BCUT2D eigenvalue weighted by molar-refractivity contribution is -0.130. The van der Waals surface area contributed by atoms with Gasteiger partial charge >= 0.3 is 0 Å². The predicted molar refractivity (Wildman–Crippen MR) is 98.6 cm³/mol. The van der Waals surface area contributed by atoms with Gasteiger partial charge in [0.2, 0.25) is 5.91 Å². The second-order valence-electron chi connectivity index (χ2n) is 6.97. The van der Waals surface area contributed by atoms with Crippen LogP contribution in [0.2, 0.25) is 0 Å². The summed E-state index contributed by atoms with van der Waals surface area (Å²) in [4.78, 5) is 32.7. The van der Waals surface area contributed by atoms with E-state index in [1.807, 2.05) is 44.0 Å². The molecular weight excluding hydrogens is 314 g/mol. The van der Waals surface area contributed by atoms with Crippen LogP contribution in [-0.2, 0) is 4.79 Å². The summed E-state index contributed by atoms with van der Waals surface area (Å²) in [7, 11) is 1.84. The molecule has 1 aliphatic heterocycles. The molecule has 1 aliphatic rings. The van der Waals surface area contributed by atoms with Crippen LogP contribution in [0.25, 0.3) is 10.9 Å². The third-order valence-corrected chi connectivity index (χ3v) is 5.19. The van der Waals surface area contributed by atoms with Crippen molar-refractivity contribution in [3.05, 3.63) is 41.1 Å². The number of aryl methyl sites for hydroxylation is 2. The van der Waals surface area contributed by atoms with Crippen LogP contribution in [0, 0.1) is 13.8 Å².